The zero-order valence-corrected chi connectivity index (χ0v) is 14.4. The van der Waals surface area contributed by atoms with E-state index in [0.29, 0.717) is 0 Å². The number of hydrogen-bond donors (Lipinski definition) is 3. The van der Waals surface area contributed by atoms with Crippen molar-refractivity contribution in [3.05, 3.63) is 17.2 Å². The second-order valence-corrected chi connectivity index (χ2v) is 9.47. The molecule has 4 aliphatic rings. The fourth-order valence-electron chi connectivity index (χ4n) is 6.06. The summed E-state index contributed by atoms with van der Waals surface area (Å²) < 4.78 is 0. The molecule has 4 saturated carbocycles. The molecular formula is C20H28O3. The molecule has 1 aromatic carbocycles. The van der Waals surface area contributed by atoms with Gasteiger partial charge >= 0.3 is 0 Å². The van der Waals surface area contributed by atoms with Gasteiger partial charge in [-0.1, -0.05) is 20.8 Å². The van der Waals surface area contributed by atoms with Crippen LogP contribution in [0.5, 0.6) is 17.2 Å². The lowest BCUT2D eigenvalue weighted by molar-refractivity contribution is -0.00636. The van der Waals surface area contributed by atoms with Gasteiger partial charge in [-0.15, -0.1) is 0 Å². The average Bonchev–Trinajstić information content (AvgIpc) is 2.41. The van der Waals surface area contributed by atoms with E-state index < -0.39 is 0 Å². The van der Waals surface area contributed by atoms with E-state index in [0.717, 1.165) is 48.1 Å². The molecule has 0 unspecified atom stereocenters. The Kier molecular flexibility index (Phi) is 3.02. The predicted octanol–water partition coefficient (Wildman–Crippen LogP) is 4.57. The Labute approximate surface area is 138 Å². The summed E-state index contributed by atoms with van der Waals surface area (Å²) in [6, 6.07) is 1.98. The van der Waals surface area contributed by atoms with E-state index in [2.05, 4.69) is 0 Å². The van der Waals surface area contributed by atoms with E-state index in [9.17, 15) is 15.3 Å². The topological polar surface area (TPSA) is 60.7 Å². The smallest absolute Gasteiger partial charge is 0.200 e. The van der Waals surface area contributed by atoms with Crippen molar-refractivity contribution in [3.63, 3.8) is 0 Å². The monoisotopic (exact) mass is 316 g/mol. The highest BCUT2D eigenvalue weighted by Crippen LogP contribution is 2.63. The van der Waals surface area contributed by atoms with E-state index in [1.165, 1.54) is 19.3 Å². The molecule has 3 heteroatoms. The van der Waals surface area contributed by atoms with Crippen LogP contribution in [-0.2, 0) is 10.8 Å². The third-order valence-corrected chi connectivity index (χ3v) is 6.67. The Morgan fingerprint density at radius 2 is 1.30 bits per heavy atom. The number of benzene rings is 1. The van der Waals surface area contributed by atoms with Crippen LogP contribution in [0, 0.1) is 17.8 Å². The number of rotatable bonds is 1. The minimum absolute atomic E-state index is 0.00398. The van der Waals surface area contributed by atoms with Crippen LogP contribution in [0.1, 0.15) is 70.4 Å². The van der Waals surface area contributed by atoms with Crippen LogP contribution < -0.4 is 0 Å². The molecule has 1 aromatic rings. The fourth-order valence-corrected chi connectivity index (χ4v) is 6.06. The molecule has 0 amide bonds. The van der Waals surface area contributed by atoms with E-state index in [4.69, 9.17) is 0 Å². The van der Waals surface area contributed by atoms with E-state index in [1.54, 1.807) is 0 Å². The molecule has 4 fully saturated rings. The maximum Gasteiger partial charge on any atom is 0.200 e. The Morgan fingerprint density at radius 3 is 1.74 bits per heavy atom. The van der Waals surface area contributed by atoms with Gasteiger partial charge < -0.3 is 15.3 Å². The van der Waals surface area contributed by atoms with Crippen molar-refractivity contribution >= 4 is 0 Å². The number of aromatic hydroxyl groups is 3. The van der Waals surface area contributed by atoms with Crippen LogP contribution in [0.4, 0.5) is 0 Å². The van der Waals surface area contributed by atoms with Gasteiger partial charge in [0.05, 0.1) is 0 Å². The number of hydrogen-bond acceptors (Lipinski definition) is 3. The third-order valence-electron chi connectivity index (χ3n) is 6.67. The molecule has 3 N–H and O–H groups in total. The normalized spacial score (nSPS) is 35.7. The Balaban J connectivity index is 1.87. The minimum atomic E-state index is -0.330. The highest BCUT2D eigenvalue weighted by Gasteiger charge is 2.53. The Morgan fingerprint density at radius 1 is 0.826 bits per heavy atom. The van der Waals surface area contributed by atoms with Crippen LogP contribution in [-0.4, -0.2) is 15.3 Å². The summed E-state index contributed by atoms with van der Waals surface area (Å²) in [6.45, 7) is 6.09. The molecule has 4 bridgehead atoms. The van der Waals surface area contributed by atoms with Crippen LogP contribution in [0.15, 0.2) is 6.07 Å². The van der Waals surface area contributed by atoms with Crippen LogP contribution >= 0.6 is 0 Å². The van der Waals surface area contributed by atoms with Crippen molar-refractivity contribution in [2.24, 2.45) is 17.8 Å². The van der Waals surface area contributed by atoms with Gasteiger partial charge in [-0.3, -0.25) is 0 Å². The second kappa shape index (κ2) is 4.58. The predicted molar refractivity (Wildman–Crippen MR) is 90.0 cm³/mol. The zero-order chi connectivity index (χ0) is 16.6. The first-order valence-electron chi connectivity index (χ1n) is 8.98. The molecule has 0 atom stereocenters. The zero-order valence-electron chi connectivity index (χ0n) is 14.4. The lowest BCUT2D eigenvalue weighted by Crippen LogP contribution is -2.48. The Hall–Kier alpha value is -1.38. The van der Waals surface area contributed by atoms with Gasteiger partial charge in [-0.25, -0.2) is 0 Å². The summed E-state index contributed by atoms with van der Waals surface area (Å²) >= 11 is 0. The maximum absolute atomic E-state index is 10.6. The van der Waals surface area contributed by atoms with E-state index >= 15 is 0 Å². The van der Waals surface area contributed by atoms with E-state index in [1.807, 2.05) is 26.8 Å². The fraction of sp³-hybridized carbons (Fsp3) is 0.700. The summed E-state index contributed by atoms with van der Waals surface area (Å²) in [6.07, 6.45) is 7.41. The van der Waals surface area contributed by atoms with Gasteiger partial charge in [0.2, 0.25) is 5.75 Å². The van der Waals surface area contributed by atoms with E-state index in [-0.39, 0.29) is 28.1 Å². The summed E-state index contributed by atoms with van der Waals surface area (Å²) in [4.78, 5) is 0. The summed E-state index contributed by atoms with van der Waals surface area (Å²) in [7, 11) is 0. The highest BCUT2D eigenvalue weighted by atomic mass is 16.3. The maximum atomic E-state index is 10.6. The molecule has 0 heterocycles. The summed E-state index contributed by atoms with van der Waals surface area (Å²) in [5, 5.41) is 31.3. The summed E-state index contributed by atoms with van der Waals surface area (Å²) in [5.74, 6) is 1.74. The van der Waals surface area contributed by atoms with Gasteiger partial charge in [0, 0.05) is 11.1 Å². The van der Waals surface area contributed by atoms with Gasteiger partial charge in [0.25, 0.3) is 0 Å². The van der Waals surface area contributed by atoms with Crippen molar-refractivity contribution in [1.82, 2.24) is 0 Å². The average molecular weight is 316 g/mol. The van der Waals surface area contributed by atoms with Gasteiger partial charge in [0.1, 0.15) is 0 Å². The molecule has 0 aromatic heterocycles. The molecular weight excluding hydrogens is 288 g/mol. The quantitative estimate of drug-likeness (QED) is 0.665. The molecule has 0 radical (unpaired) electrons. The molecule has 3 nitrogen and oxygen atoms in total. The molecule has 5 rings (SSSR count). The van der Waals surface area contributed by atoms with Crippen LogP contribution in [0.3, 0.4) is 0 Å². The Bertz CT molecular complexity index is 619. The molecule has 23 heavy (non-hydrogen) atoms. The largest absolute Gasteiger partial charge is 0.504 e. The number of phenolic OH excluding ortho intramolecular Hbond substituents is 3. The molecule has 4 aliphatic carbocycles. The third kappa shape index (κ3) is 2.15. The lowest BCUT2D eigenvalue weighted by Gasteiger charge is -2.57. The highest BCUT2D eigenvalue weighted by molar-refractivity contribution is 5.61. The van der Waals surface area contributed by atoms with Gasteiger partial charge in [-0.05, 0) is 73.2 Å². The van der Waals surface area contributed by atoms with Crippen molar-refractivity contribution in [2.45, 2.75) is 70.1 Å². The van der Waals surface area contributed by atoms with Crippen LogP contribution in [0.25, 0.3) is 0 Å². The summed E-state index contributed by atoms with van der Waals surface area (Å²) in [5.41, 5.74) is 1.35. The van der Waals surface area contributed by atoms with Gasteiger partial charge in [0.15, 0.2) is 11.5 Å². The minimum Gasteiger partial charge on any atom is -0.504 e. The molecule has 126 valence electrons. The first-order chi connectivity index (χ1) is 10.7. The van der Waals surface area contributed by atoms with Crippen molar-refractivity contribution in [1.29, 1.82) is 0 Å². The van der Waals surface area contributed by atoms with Gasteiger partial charge in [-0.2, -0.15) is 0 Å². The van der Waals surface area contributed by atoms with Crippen molar-refractivity contribution in [3.8, 4) is 17.2 Å². The molecule has 0 aliphatic heterocycles. The molecule has 0 saturated heterocycles. The number of phenols is 3. The van der Waals surface area contributed by atoms with Crippen molar-refractivity contribution < 1.29 is 15.3 Å². The molecule has 0 spiro atoms. The van der Waals surface area contributed by atoms with Crippen LogP contribution in [0.2, 0.25) is 0 Å². The first-order valence-corrected chi connectivity index (χ1v) is 8.98. The standard InChI is InChI=1S/C20H28O3/c1-19(2,3)14-7-15(17(22)18(23)16(14)21)20-8-11-4-12(9-20)6-13(5-11)10-20/h7,11-13,21-23H,4-6,8-10H2,1-3H3. The second-order valence-electron chi connectivity index (χ2n) is 9.47. The first kappa shape index (κ1) is 15.2. The van der Waals surface area contributed by atoms with Crippen molar-refractivity contribution in [2.75, 3.05) is 0 Å². The SMILES string of the molecule is CC(C)(C)c1cc(C23CC4CC(CC(C4)C2)C3)c(O)c(O)c1O. The lowest BCUT2D eigenvalue weighted by atomic mass is 9.48.